The van der Waals surface area contributed by atoms with Crippen molar-refractivity contribution >= 4 is 56.7 Å². The first-order chi connectivity index (χ1) is 16.9. The van der Waals surface area contributed by atoms with Crippen molar-refractivity contribution < 1.29 is 18.9 Å². The number of thiophene rings is 5. The maximum absolute atomic E-state index is 5.78. The molecule has 0 fully saturated rings. The van der Waals surface area contributed by atoms with Crippen molar-refractivity contribution in [2.45, 2.75) is 13.8 Å². The summed E-state index contributed by atoms with van der Waals surface area (Å²) in [5.41, 5.74) is 0. The van der Waals surface area contributed by atoms with Crippen LogP contribution in [0.15, 0.2) is 36.4 Å². The van der Waals surface area contributed by atoms with Crippen LogP contribution in [0.1, 0.15) is 9.75 Å². The first kappa shape index (κ1) is 24.4. The molecule has 0 aliphatic rings. The van der Waals surface area contributed by atoms with Gasteiger partial charge in [-0.15, -0.1) is 56.7 Å². The van der Waals surface area contributed by atoms with Gasteiger partial charge < -0.3 is 18.9 Å². The van der Waals surface area contributed by atoms with Crippen molar-refractivity contribution in [3.63, 3.8) is 0 Å². The minimum Gasteiger partial charge on any atom is -0.495 e. The minimum absolute atomic E-state index is 0.879. The molecule has 35 heavy (non-hydrogen) atoms. The lowest BCUT2D eigenvalue weighted by Crippen LogP contribution is -1.81. The Morgan fingerprint density at radius 1 is 0.429 bits per heavy atom. The molecule has 9 heteroatoms. The summed E-state index contributed by atoms with van der Waals surface area (Å²) in [6, 6.07) is 12.7. The molecule has 5 aromatic heterocycles. The third-order valence-corrected chi connectivity index (χ3v) is 11.5. The molecule has 0 unspecified atom stereocenters. The number of methoxy groups -OCH3 is 4. The second kappa shape index (κ2) is 9.99. The summed E-state index contributed by atoms with van der Waals surface area (Å²) in [7, 11) is 6.90. The Hall–Kier alpha value is -2.30. The fourth-order valence-electron chi connectivity index (χ4n) is 3.83. The van der Waals surface area contributed by atoms with Gasteiger partial charge in [0.05, 0.1) is 57.7 Å². The van der Waals surface area contributed by atoms with Gasteiger partial charge in [0.1, 0.15) is 23.0 Å². The van der Waals surface area contributed by atoms with Crippen molar-refractivity contribution in [1.82, 2.24) is 0 Å². The minimum atomic E-state index is 0.879. The number of hydrogen-bond acceptors (Lipinski definition) is 9. The average molecular weight is 561 g/mol. The average Bonchev–Trinajstić information content (AvgIpc) is 3.66. The molecule has 182 valence electrons. The van der Waals surface area contributed by atoms with E-state index in [1.54, 1.807) is 85.1 Å². The van der Waals surface area contributed by atoms with Crippen LogP contribution in [0.3, 0.4) is 0 Å². The zero-order chi connectivity index (χ0) is 24.7. The maximum Gasteiger partial charge on any atom is 0.138 e. The van der Waals surface area contributed by atoms with Crippen LogP contribution in [0, 0.1) is 13.8 Å². The maximum atomic E-state index is 5.78. The first-order valence-corrected chi connectivity index (χ1v) is 14.8. The van der Waals surface area contributed by atoms with E-state index in [1.807, 2.05) is 0 Å². The van der Waals surface area contributed by atoms with E-state index in [9.17, 15) is 0 Å². The molecular formula is C26H24O4S5. The summed E-state index contributed by atoms with van der Waals surface area (Å²) in [5, 5.41) is 0. The van der Waals surface area contributed by atoms with Crippen LogP contribution in [0.4, 0.5) is 0 Å². The predicted molar refractivity (Wildman–Crippen MR) is 153 cm³/mol. The largest absolute Gasteiger partial charge is 0.495 e. The molecule has 0 saturated carbocycles. The van der Waals surface area contributed by atoms with Crippen LogP contribution in [0.25, 0.3) is 39.0 Å². The number of hydrogen-bond donors (Lipinski definition) is 0. The molecule has 0 aliphatic heterocycles. The van der Waals surface area contributed by atoms with Gasteiger partial charge in [-0.3, -0.25) is 0 Å². The molecule has 5 aromatic rings. The standard InChI is InChI=1S/C26H24O4S5/c1-13-9-15(27-3)25(31-13)21-11-17(29-5)23(34-21)19-7-8-20(33-19)24-18(30-6)12-22(35-24)26-16(28-4)10-14(2)32-26/h7-12H,1-6H3. The molecule has 0 saturated heterocycles. The van der Waals surface area contributed by atoms with E-state index in [-0.39, 0.29) is 0 Å². The van der Waals surface area contributed by atoms with E-state index >= 15 is 0 Å². The van der Waals surface area contributed by atoms with Crippen molar-refractivity contribution in [3.05, 3.63) is 46.2 Å². The third-order valence-electron chi connectivity index (χ3n) is 5.42. The van der Waals surface area contributed by atoms with E-state index in [0.29, 0.717) is 0 Å². The Bertz CT molecular complexity index is 1370. The summed E-state index contributed by atoms with van der Waals surface area (Å²) in [6.07, 6.45) is 0. The van der Waals surface area contributed by atoms with Gasteiger partial charge in [0.15, 0.2) is 0 Å². The number of aryl methyl sites for hydroxylation is 2. The van der Waals surface area contributed by atoms with E-state index in [1.165, 1.54) is 19.5 Å². The SMILES string of the molecule is COc1cc(C)sc1-c1cc(OC)c(-c2ccc(-c3sc(-c4sc(C)cc4OC)cc3OC)s2)s1. The molecule has 5 rings (SSSR count). The molecular weight excluding hydrogens is 537 g/mol. The molecule has 0 aromatic carbocycles. The van der Waals surface area contributed by atoms with E-state index < -0.39 is 0 Å². The molecule has 0 aliphatic carbocycles. The van der Waals surface area contributed by atoms with Crippen LogP contribution >= 0.6 is 56.7 Å². The quantitative estimate of drug-likeness (QED) is 0.189. The van der Waals surface area contributed by atoms with Gasteiger partial charge in [-0.2, -0.15) is 0 Å². The Balaban J connectivity index is 1.53. The Labute approximate surface area is 225 Å². The molecule has 5 heterocycles. The Morgan fingerprint density at radius 2 is 0.771 bits per heavy atom. The lowest BCUT2D eigenvalue weighted by atomic mass is 10.3. The molecule has 0 N–H and O–H groups in total. The molecule has 0 atom stereocenters. The normalized spacial score (nSPS) is 11.1. The zero-order valence-corrected chi connectivity index (χ0v) is 24.2. The highest BCUT2D eigenvalue weighted by Gasteiger charge is 2.22. The second-order valence-corrected chi connectivity index (χ2v) is 13.4. The highest BCUT2D eigenvalue weighted by atomic mass is 32.1. The Kier molecular flexibility index (Phi) is 6.96. The molecule has 4 nitrogen and oxygen atoms in total. The van der Waals surface area contributed by atoms with Crippen LogP contribution in [-0.4, -0.2) is 28.4 Å². The lowest BCUT2D eigenvalue weighted by molar-refractivity contribution is 0.416. The van der Waals surface area contributed by atoms with E-state index in [2.05, 4.69) is 50.2 Å². The van der Waals surface area contributed by atoms with Crippen molar-refractivity contribution in [2.75, 3.05) is 28.4 Å². The molecule has 0 amide bonds. The van der Waals surface area contributed by atoms with Gasteiger partial charge in [0, 0.05) is 31.6 Å². The van der Waals surface area contributed by atoms with Gasteiger partial charge in [-0.05, 0) is 38.1 Å². The highest BCUT2D eigenvalue weighted by molar-refractivity contribution is 7.30. The van der Waals surface area contributed by atoms with Crippen LogP contribution in [-0.2, 0) is 0 Å². The fraction of sp³-hybridized carbons (Fsp3) is 0.231. The first-order valence-electron chi connectivity index (χ1n) is 10.7. The van der Waals surface area contributed by atoms with Gasteiger partial charge in [-0.25, -0.2) is 0 Å². The van der Waals surface area contributed by atoms with Gasteiger partial charge >= 0.3 is 0 Å². The molecule has 0 bridgehead atoms. The van der Waals surface area contributed by atoms with Crippen molar-refractivity contribution in [2.24, 2.45) is 0 Å². The molecule has 0 spiro atoms. The van der Waals surface area contributed by atoms with Crippen LogP contribution in [0.5, 0.6) is 23.0 Å². The smallest absolute Gasteiger partial charge is 0.138 e. The zero-order valence-electron chi connectivity index (χ0n) is 20.1. The summed E-state index contributed by atoms with van der Waals surface area (Å²) < 4.78 is 22.8. The summed E-state index contributed by atoms with van der Waals surface area (Å²) in [4.78, 5) is 11.6. The highest BCUT2D eigenvalue weighted by Crippen LogP contribution is 2.53. The van der Waals surface area contributed by atoms with Crippen molar-refractivity contribution in [1.29, 1.82) is 0 Å². The summed E-state index contributed by atoms with van der Waals surface area (Å²) in [5.74, 6) is 3.57. The molecule has 0 radical (unpaired) electrons. The van der Waals surface area contributed by atoms with E-state index in [4.69, 9.17) is 18.9 Å². The van der Waals surface area contributed by atoms with Crippen molar-refractivity contribution in [3.8, 4) is 62.0 Å². The predicted octanol–water partition coefficient (Wildman–Crippen LogP) is 9.31. The number of ether oxygens (including phenoxy) is 4. The number of rotatable bonds is 8. The topological polar surface area (TPSA) is 36.9 Å². The second-order valence-electron chi connectivity index (χ2n) is 7.69. The Morgan fingerprint density at radius 3 is 1.14 bits per heavy atom. The van der Waals surface area contributed by atoms with Crippen LogP contribution < -0.4 is 18.9 Å². The van der Waals surface area contributed by atoms with Gasteiger partial charge in [0.2, 0.25) is 0 Å². The fourth-order valence-corrected chi connectivity index (χ4v) is 9.49. The monoisotopic (exact) mass is 560 g/mol. The lowest BCUT2D eigenvalue weighted by Gasteiger charge is -2.00. The van der Waals surface area contributed by atoms with E-state index in [0.717, 1.165) is 52.3 Å². The van der Waals surface area contributed by atoms with Crippen LogP contribution in [0.2, 0.25) is 0 Å². The van der Waals surface area contributed by atoms with Gasteiger partial charge in [0.25, 0.3) is 0 Å². The van der Waals surface area contributed by atoms with Gasteiger partial charge in [-0.1, -0.05) is 0 Å². The summed E-state index contributed by atoms with van der Waals surface area (Å²) >= 11 is 8.70. The third kappa shape index (κ3) is 4.51. The summed E-state index contributed by atoms with van der Waals surface area (Å²) in [6.45, 7) is 4.20.